The minimum absolute atomic E-state index is 0.138. The Balaban J connectivity index is 2.92. The molecule has 0 saturated heterocycles. The Morgan fingerprint density at radius 3 is 2.50 bits per heavy atom. The van der Waals surface area contributed by atoms with Crippen LogP contribution in [-0.2, 0) is 10.0 Å². The van der Waals surface area contributed by atoms with Crippen molar-refractivity contribution in [3.8, 4) is 0 Å². The van der Waals surface area contributed by atoms with Gasteiger partial charge >= 0.3 is 0 Å². The summed E-state index contributed by atoms with van der Waals surface area (Å²) in [5.74, 6) is -1.96. The summed E-state index contributed by atoms with van der Waals surface area (Å²) in [6.07, 6.45) is 0.566. The maximum atomic E-state index is 13.5. The van der Waals surface area contributed by atoms with E-state index < -0.39 is 26.6 Å². The summed E-state index contributed by atoms with van der Waals surface area (Å²) in [7, 11) is -2.24. The SMILES string of the molecule is CNCCCNS(=O)(=O)c1c(F)cc(F)cc1Br. The van der Waals surface area contributed by atoms with Crippen molar-refractivity contribution >= 4 is 26.0 Å². The summed E-state index contributed by atoms with van der Waals surface area (Å²) in [6, 6.07) is 1.44. The van der Waals surface area contributed by atoms with E-state index in [2.05, 4.69) is 26.0 Å². The van der Waals surface area contributed by atoms with Gasteiger partial charge in [-0.05, 0) is 42.0 Å². The molecular formula is C10H13BrF2N2O2S. The summed E-state index contributed by atoms with van der Waals surface area (Å²) >= 11 is 2.84. The molecule has 4 nitrogen and oxygen atoms in total. The van der Waals surface area contributed by atoms with Gasteiger partial charge in [0.1, 0.15) is 16.5 Å². The fourth-order valence-corrected chi connectivity index (χ4v) is 3.57. The fourth-order valence-electron chi connectivity index (χ4n) is 1.33. The van der Waals surface area contributed by atoms with Gasteiger partial charge in [-0.15, -0.1) is 0 Å². The van der Waals surface area contributed by atoms with Gasteiger partial charge in [-0.2, -0.15) is 0 Å². The molecule has 0 amide bonds. The van der Waals surface area contributed by atoms with Crippen LogP contribution in [0.3, 0.4) is 0 Å². The van der Waals surface area contributed by atoms with E-state index in [9.17, 15) is 17.2 Å². The number of nitrogens with one attached hydrogen (secondary N) is 2. The highest BCUT2D eigenvalue weighted by Gasteiger charge is 2.23. The van der Waals surface area contributed by atoms with Gasteiger partial charge in [-0.3, -0.25) is 0 Å². The van der Waals surface area contributed by atoms with Crippen LogP contribution in [0.4, 0.5) is 8.78 Å². The normalized spacial score (nSPS) is 11.8. The van der Waals surface area contributed by atoms with Gasteiger partial charge < -0.3 is 5.32 Å². The largest absolute Gasteiger partial charge is 0.320 e. The first-order valence-corrected chi connectivity index (χ1v) is 7.45. The molecule has 0 aliphatic carbocycles. The highest BCUT2D eigenvalue weighted by atomic mass is 79.9. The number of sulfonamides is 1. The fraction of sp³-hybridized carbons (Fsp3) is 0.400. The van der Waals surface area contributed by atoms with Crippen molar-refractivity contribution in [1.82, 2.24) is 10.0 Å². The first kappa shape index (κ1) is 15.5. The highest BCUT2D eigenvalue weighted by Crippen LogP contribution is 2.25. The molecule has 0 atom stereocenters. The third-order valence-corrected chi connectivity index (χ3v) is 4.55. The number of hydrogen-bond donors (Lipinski definition) is 2. The van der Waals surface area contributed by atoms with Crippen molar-refractivity contribution in [3.05, 3.63) is 28.2 Å². The molecule has 0 aliphatic rings. The number of halogens is 3. The summed E-state index contributed by atoms with van der Waals surface area (Å²) < 4.78 is 52.1. The molecule has 0 radical (unpaired) electrons. The molecular weight excluding hydrogens is 330 g/mol. The predicted molar refractivity (Wildman–Crippen MR) is 67.8 cm³/mol. The van der Waals surface area contributed by atoms with Crippen LogP contribution in [0, 0.1) is 11.6 Å². The van der Waals surface area contributed by atoms with E-state index in [1.165, 1.54) is 0 Å². The van der Waals surface area contributed by atoms with Crippen LogP contribution >= 0.6 is 15.9 Å². The van der Waals surface area contributed by atoms with Gasteiger partial charge in [0.15, 0.2) is 0 Å². The van der Waals surface area contributed by atoms with Crippen molar-refractivity contribution in [3.63, 3.8) is 0 Å². The van der Waals surface area contributed by atoms with E-state index >= 15 is 0 Å². The summed E-state index contributed by atoms with van der Waals surface area (Å²) in [4.78, 5) is -0.576. The van der Waals surface area contributed by atoms with E-state index in [-0.39, 0.29) is 11.0 Å². The van der Waals surface area contributed by atoms with Crippen LogP contribution in [0.5, 0.6) is 0 Å². The molecule has 0 aliphatic heterocycles. The van der Waals surface area contributed by atoms with Crippen LogP contribution in [0.25, 0.3) is 0 Å². The maximum absolute atomic E-state index is 13.5. The summed E-state index contributed by atoms with van der Waals surface area (Å²) in [5, 5.41) is 2.86. The molecule has 102 valence electrons. The smallest absolute Gasteiger partial charge is 0.244 e. The van der Waals surface area contributed by atoms with E-state index in [4.69, 9.17) is 0 Å². The second kappa shape index (κ2) is 6.55. The Morgan fingerprint density at radius 2 is 1.94 bits per heavy atom. The topological polar surface area (TPSA) is 58.2 Å². The van der Waals surface area contributed by atoms with E-state index in [0.717, 1.165) is 6.07 Å². The number of rotatable bonds is 6. The monoisotopic (exact) mass is 342 g/mol. The predicted octanol–water partition coefficient (Wildman–Crippen LogP) is 1.62. The van der Waals surface area contributed by atoms with Crippen LogP contribution in [0.1, 0.15) is 6.42 Å². The zero-order chi connectivity index (χ0) is 13.8. The summed E-state index contributed by atoms with van der Waals surface area (Å²) in [6.45, 7) is 0.808. The second-order valence-corrected chi connectivity index (χ2v) is 6.11. The summed E-state index contributed by atoms with van der Waals surface area (Å²) in [5.41, 5.74) is 0. The van der Waals surface area contributed by atoms with Crippen molar-refractivity contribution in [1.29, 1.82) is 0 Å². The Hall–Kier alpha value is -0.570. The van der Waals surface area contributed by atoms with Crippen LogP contribution in [0.15, 0.2) is 21.5 Å². The average molecular weight is 343 g/mol. The van der Waals surface area contributed by atoms with Gasteiger partial charge in [0.05, 0.1) is 0 Å². The minimum Gasteiger partial charge on any atom is -0.320 e. The van der Waals surface area contributed by atoms with Gasteiger partial charge in [0.25, 0.3) is 0 Å². The lowest BCUT2D eigenvalue weighted by atomic mass is 10.3. The number of benzene rings is 1. The third-order valence-electron chi connectivity index (χ3n) is 2.13. The molecule has 0 spiro atoms. The molecule has 0 fully saturated rings. The Morgan fingerprint density at radius 1 is 1.28 bits per heavy atom. The zero-order valence-corrected chi connectivity index (χ0v) is 12.0. The Labute approximate surface area is 113 Å². The van der Waals surface area contributed by atoms with Crippen molar-refractivity contribution in [2.75, 3.05) is 20.1 Å². The molecule has 8 heteroatoms. The van der Waals surface area contributed by atoms with Gasteiger partial charge in [-0.25, -0.2) is 21.9 Å². The van der Waals surface area contributed by atoms with E-state index in [0.29, 0.717) is 19.0 Å². The lowest BCUT2D eigenvalue weighted by Crippen LogP contribution is -2.28. The quantitative estimate of drug-likeness (QED) is 0.772. The van der Waals surface area contributed by atoms with Crippen LogP contribution < -0.4 is 10.0 Å². The number of hydrogen-bond acceptors (Lipinski definition) is 3. The molecule has 1 aromatic rings. The van der Waals surface area contributed by atoms with Gasteiger partial charge in [-0.1, -0.05) is 0 Å². The van der Waals surface area contributed by atoms with Gasteiger partial charge in [0.2, 0.25) is 10.0 Å². The first-order chi connectivity index (χ1) is 8.38. The second-order valence-electron chi connectivity index (χ2n) is 3.55. The first-order valence-electron chi connectivity index (χ1n) is 5.17. The minimum atomic E-state index is -3.99. The van der Waals surface area contributed by atoms with E-state index in [1.54, 1.807) is 7.05 Å². The molecule has 1 rings (SSSR count). The molecule has 0 saturated carbocycles. The van der Waals surface area contributed by atoms with Crippen molar-refractivity contribution in [2.45, 2.75) is 11.3 Å². The molecule has 0 unspecified atom stereocenters. The van der Waals surface area contributed by atoms with E-state index in [1.807, 2.05) is 0 Å². The lowest BCUT2D eigenvalue weighted by molar-refractivity contribution is 0.539. The molecule has 0 bridgehead atoms. The molecule has 18 heavy (non-hydrogen) atoms. The zero-order valence-electron chi connectivity index (χ0n) is 9.63. The molecule has 0 heterocycles. The lowest BCUT2D eigenvalue weighted by Gasteiger charge is -2.09. The Kier molecular flexibility index (Phi) is 5.64. The van der Waals surface area contributed by atoms with Crippen LogP contribution in [0.2, 0.25) is 0 Å². The molecule has 0 aromatic heterocycles. The van der Waals surface area contributed by atoms with Crippen molar-refractivity contribution < 1.29 is 17.2 Å². The highest BCUT2D eigenvalue weighted by molar-refractivity contribution is 9.10. The Bertz CT molecular complexity index is 500. The molecule has 1 aromatic carbocycles. The standard InChI is InChI=1S/C10H13BrF2N2O2S/c1-14-3-2-4-15-18(16,17)10-8(11)5-7(12)6-9(10)13/h5-6,14-15H,2-4H2,1H3. The molecule has 2 N–H and O–H groups in total. The van der Waals surface area contributed by atoms with Crippen molar-refractivity contribution in [2.24, 2.45) is 0 Å². The van der Waals surface area contributed by atoms with Crippen LogP contribution in [-0.4, -0.2) is 28.6 Å². The van der Waals surface area contributed by atoms with Gasteiger partial charge in [0, 0.05) is 17.1 Å². The average Bonchev–Trinajstić information content (AvgIpc) is 2.22. The maximum Gasteiger partial charge on any atom is 0.244 e. The third kappa shape index (κ3) is 3.98.